The second kappa shape index (κ2) is 7.68. The highest BCUT2D eigenvalue weighted by atomic mass is 35.5. The topological polar surface area (TPSA) is 75.3 Å². The van der Waals surface area contributed by atoms with Crippen LogP contribution in [0.5, 0.6) is 0 Å². The van der Waals surface area contributed by atoms with Gasteiger partial charge in [-0.1, -0.05) is 36.7 Å². The van der Waals surface area contributed by atoms with E-state index in [4.69, 9.17) is 11.6 Å². The number of para-hydroxylation sites is 1. The molecule has 0 aliphatic rings. The van der Waals surface area contributed by atoms with Gasteiger partial charge in [0.25, 0.3) is 10.0 Å². The average molecular weight is 367 g/mol. The van der Waals surface area contributed by atoms with Crippen molar-refractivity contribution in [3.63, 3.8) is 0 Å². The van der Waals surface area contributed by atoms with E-state index in [0.717, 1.165) is 6.42 Å². The van der Waals surface area contributed by atoms with Gasteiger partial charge in [0.1, 0.15) is 0 Å². The lowest BCUT2D eigenvalue weighted by Gasteiger charge is -2.13. The zero-order valence-corrected chi connectivity index (χ0v) is 15.0. The smallest absolute Gasteiger partial charge is 0.262 e. The Hall–Kier alpha value is -2.05. The molecule has 2 aromatic carbocycles. The van der Waals surface area contributed by atoms with E-state index >= 15 is 0 Å². The van der Waals surface area contributed by atoms with Crippen molar-refractivity contribution in [2.45, 2.75) is 31.6 Å². The third kappa shape index (κ3) is 4.49. The van der Waals surface area contributed by atoms with Crippen LogP contribution in [0.15, 0.2) is 47.4 Å². The van der Waals surface area contributed by atoms with E-state index in [1.807, 2.05) is 6.92 Å². The monoisotopic (exact) mass is 366 g/mol. The molecule has 0 aliphatic carbocycles. The maximum Gasteiger partial charge on any atom is 0.262 e. The number of sulfonamides is 1. The Labute approximate surface area is 147 Å². The quantitative estimate of drug-likeness (QED) is 0.804. The van der Waals surface area contributed by atoms with E-state index in [-0.39, 0.29) is 10.8 Å². The van der Waals surface area contributed by atoms with E-state index in [0.29, 0.717) is 28.4 Å². The van der Waals surface area contributed by atoms with Crippen LogP contribution in [0.3, 0.4) is 0 Å². The summed E-state index contributed by atoms with van der Waals surface area (Å²) in [5.74, 6) is -0.149. The molecule has 0 heterocycles. The van der Waals surface area contributed by atoms with Gasteiger partial charge in [0.05, 0.1) is 15.6 Å². The highest BCUT2D eigenvalue weighted by Gasteiger charge is 2.19. The van der Waals surface area contributed by atoms with Crippen LogP contribution in [0.1, 0.15) is 25.3 Å². The molecular formula is C17H19ClN2O3S. The molecule has 0 unspecified atom stereocenters. The summed E-state index contributed by atoms with van der Waals surface area (Å²) in [6.07, 6.45) is 1.10. The van der Waals surface area contributed by atoms with Crippen LogP contribution in [0, 0.1) is 6.92 Å². The van der Waals surface area contributed by atoms with Crippen LogP contribution in [0.2, 0.25) is 5.02 Å². The highest BCUT2D eigenvalue weighted by Crippen LogP contribution is 2.26. The molecule has 0 aliphatic heterocycles. The van der Waals surface area contributed by atoms with Gasteiger partial charge in [-0.2, -0.15) is 0 Å². The molecule has 0 fully saturated rings. The minimum Gasteiger partial charge on any atom is -0.326 e. The summed E-state index contributed by atoms with van der Waals surface area (Å²) in [5.41, 5.74) is 1.32. The maximum absolute atomic E-state index is 12.7. The lowest BCUT2D eigenvalue weighted by Crippen LogP contribution is -2.16. The molecule has 1 amide bonds. The summed E-state index contributed by atoms with van der Waals surface area (Å²) >= 11 is 6.01. The van der Waals surface area contributed by atoms with Gasteiger partial charge in [0.2, 0.25) is 5.91 Å². The predicted molar refractivity (Wildman–Crippen MR) is 97.0 cm³/mol. The molecule has 0 aromatic heterocycles. The van der Waals surface area contributed by atoms with Crippen LogP contribution >= 0.6 is 11.6 Å². The fourth-order valence-electron chi connectivity index (χ4n) is 2.16. The fourth-order valence-corrected chi connectivity index (χ4v) is 3.75. The average Bonchev–Trinajstić information content (AvgIpc) is 2.51. The van der Waals surface area contributed by atoms with Gasteiger partial charge in [0, 0.05) is 12.1 Å². The van der Waals surface area contributed by atoms with E-state index in [2.05, 4.69) is 10.0 Å². The molecule has 0 bridgehead atoms. The Morgan fingerprint density at radius 3 is 2.54 bits per heavy atom. The number of rotatable bonds is 6. The molecule has 0 spiro atoms. The van der Waals surface area contributed by atoms with Gasteiger partial charge in [0.15, 0.2) is 0 Å². The second-order valence-corrected chi connectivity index (χ2v) is 7.42. The summed E-state index contributed by atoms with van der Waals surface area (Å²) in [6, 6.07) is 11.4. The number of hydrogen-bond acceptors (Lipinski definition) is 3. The second-order valence-electron chi connectivity index (χ2n) is 5.36. The number of amides is 1. The first-order chi connectivity index (χ1) is 11.3. The normalized spacial score (nSPS) is 11.1. The number of carbonyl (C=O) groups excluding carboxylic acids is 1. The van der Waals surface area contributed by atoms with Crippen LogP contribution in [-0.4, -0.2) is 14.3 Å². The van der Waals surface area contributed by atoms with Crippen molar-refractivity contribution in [3.05, 3.63) is 53.1 Å². The number of benzene rings is 2. The van der Waals surface area contributed by atoms with E-state index in [9.17, 15) is 13.2 Å². The number of aryl methyl sites for hydroxylation is 1. The Kier molecular flexibility index (Phi) is 5.85. The largest absolute Gasteiger partial charge is 0.326 e. The van der Waals surface area contributed by atoms with E-state index in [1.54, 1.807) is 43.3 Å². The number of anilines is 2. The van der Waals surface area contributed by atoms with Crippen molar-refractivity contribution in [2.24, 2.45) is 0 Å². The summed E-state index contributed by atoms with van der Waals surface area (Å²) in [7, 11) is -3.82. The number of carbonyl (C=O) groups is 1. The fraction of sp³-hybridized carbons (Fsp3) is 0.235. The molecule has 24 heavy (non-hydrogen) atoms. The molecule has 2 rings (SSSR count). The zero-order chi connectivity index (χ0) is 17.7. The summed E-state index contributed by atoms with van der Waals surface area (Å²) in [4.78, 5) is 11.8. The molecular weight excluding hydrogens is 348 g/mol. The highest BCUT2D eigenvalue weighted by molar-refractivity contribution is 7.92. The number of nitrogens with one attached hydrogen (secondary N) is 2. The molecule has 0 saturated carbocycles. The van der Waals surface area contributed by atoms with Crippen molar-refractivity contribution in [1.82, 2.24) is 0 Å². The third-order valence-corrected chi connectivity index (χ3v) is 5.19. The maximum atomic E-state index is 12.7. The zero-order valence-electron chi connectivity index (χ0n) is 13.5. The Balaban J connectivity index is 2.32. The SMILES string of the molecule is CCCC(=O)Nc1ccc(C)c(S(=O)(=O)Nc2ccccc2Cl)c1. The molecule has 2 aromatic rings. The Morgan fingerprint density at radius 2 is 1.88 bits per heavy atom. The molecule has 0 atom stereocenters. The van der Waals surface area contributed by atoms with Gasteiger partial charge >= 0.3 is 0 Å². The molecule has 7 heteroatoms. The standard InChI is InChI=1S/C17H19ClN2O3S/c1-3-6-17(21)19-13-10-9-12(2)16(11-13)24(22,23)20-15-8-5-4-7-14(15)18/h4-5,7-11,20H,3,6H2,1-2H3,(H,19,21). The minimum absolute atomic E-state index is 0.0942. The van der Waals surface area contributed by atoms with Gasteiger partial charge in [-0.3, -0.25) is 9.52 Å². The molecule has 0 saturated heterocycles. The number of halogens is 1. The van der Waals surface area contributed by atoms with Crippen LogP contribution in [0.25, 0.3) is 0 Å². The first kappa shape index (κ1) is 18.3. The molecule has 0 radical (unpaired) electrons. The third-order valence-electron chi connectivity index (χ3n) is 3.36. The van der Waals surface area contributed by atoms with Crippen molar-refractivity contribution < 1.29 is 13.2 Å². The van der Waals surface area contributed by atoms with Gasteiger partial charge in [-0.25, -0.2) is 8.42 Å². The summed E-state index contributed by atoms with van der Waals surface area (Å²) in [5, 5.41) is 3.01. The van der Waals surface area contributed by atoms with Crippen LogP contribution < -0.4 is 10.0 Å². The van der Waals surface area contributed by atoms with Crippen molar-refractivity contribution in [1.29, 1.82) is 0 Å². The Bertz CT molecular complexity index is 851. The van der Waals surface area contributed by atoms with Crippen LogP contribution in [-0.2, 0) is 14.8 Å². The van der Waals surface area contributed by atoms with E-state index in [1.165, 1.54) is 6.07 Å². The molecule has 5 nitrogen and oxygen atoms in total. The molecule has 128 valence electrons. The van der Waals surface area contributed by atoms with Gasteiger partial charge < -0.3 is 5.32 Å². The van der Waals surface area contributed by atoms with Crippen LogP contribution in [0.4, 0.5) is 11.4 Å². The first-order valence-corrected chi connectivity index (χ1v) is 9.37. The Morgan fingerprint density at radius 1 is 1.17 bits per heavy atom. The predicted octanol–water partition coefficient (Wildman–Crippen LogP) is 4.19. The number of hydrogen-bond donors (Lipinski definition) is 2. The minimum atomic E-state index is -3.82. The van der Waals surface area contributed by atoms with E-state index < -0.39 is 10.0 Å². The summed E-state index contributed by atoms with van der Waals surface area (Å²) in [6.45, 7) is 3.59. The first-order valence-electron chi connectivity index (χ1n) is 7.51. The van der Waals surface area contributed by atoms with Crippen molar-refractivity contribution in [2.75, 3.05) is 10.0 Å². The summed E-state index contributed by atoms with van der Waals surface area (Å²) < 4.78 is 27.8. The molecule has 2 N–H and O–H groups in total. The van der Waals surface area contributed by atoms with Crippen molar-refractivity contribution in [3.8, 4) is 0 Å². The van der Waals surface area contributed by atoms with Gasteiger partial charge in [-0.15, -0.1) is 0 Å². The van der Waals surface area contributed by atoms with Crippen molar-refractivity contribution >= 4 is 38.9 Å². The lowest BCUT2D eigenvalue weighted by atomic mass is 10.2. The van der Waals surface area contributed by atoms with Gasteiger partial charge in [-0.05, 0) is 43.2 Å². The lowest BCUT2D eigenvalue weighted by molar-refractivity contribution is -0.116.